The van der Waals surface area contributed by atoms with Crippen LogP contribution in [0.25, 0.3) is 0 Å². The third-order valence-corrected chi connectivity index (χ3v) is 5.05. The average molecular weight is 351 g/mol. The maximum atomic E-state index is 12.7. The monoisotopic (exact) mass is 350 g/mol. The summed E-state index contributed by atoms with van der Waals surface area (Å²) in [4.78, 5) is 12.7. The number of ketones is 1. The van der Waals surface area contributed by atoms with Crippen molar-refractivity contribution in [1.82, 2.24) is 0 Å². The van der Waals surface area contributed by atoms with Crippen molar-refractivity contribution in [3.63, 3.8) is 0 Å². The van der Waals surface area contributed by atoms with Gasteiger partial charge in [-0.1, -0.05) is 70.6 Å². The third kappa shape index (κ3) is 2.28. The van der Waals surface area contributed by atoms with Gasteiger partial charge < -0.3 is 0 Å². The number of carbonyl (C=O) groups is 1. The van der Waals surface area contributed by atoms with Gasteiger partial charge >= 0.3 is 0 Å². The molecule has 22 heavy (non-hydrogen) atoms. The lowest BCUT2D eigenvalue weighted by Crippen LogP contribution is -2.12. The Balaban J connectivity index is 1.65. The summed E-state index contributed by atoms with van der Waals surface area (Å²) in [5.41, 5.74) is 4.37. The van der Waals surface area contributed by atoms with E-state index in [4.69, 9.17) is 0 Å². The number of hydrogen-bond donors (Lipinski definition) is 0. The number of Topliss-reactive ketones (excluding diaryl/α,β-unsaturated/α-hetero) is 1. The zero-order chi connectivity index (χ0) is 15.1. The van der Waals surface area contributed by atoms with E-state index in [1.54, 1.807) is 0 Å². The van der Waals surface area contributed by atoms with Crippen LogP contribution in [0.15, 0.2) is 76.8 Å². The van der Waals surface area contributed by atoms with Crippen LogP contribution in [0.2, 0.25) is 0 Å². The van der Waals surface area contributed by atoms with E-state index in [1.807, 2.05) is 30.3 Å². The molecule has 0 aromatic heterocycles. The molecule has 0 fully saturated rings. The Kier molecular flexibility index (Phi) is 3.34. The highest BCUT2D eigenvalue weighted by atomic mass is 79.9. The molecule has 0 spiro atoms. The van der Waals surface area contributed by atoms with Crippen molar-refractivity contribution in [3.8, 4) is 0 Å². The molecule has 2 aliphatic carbocycles. The lowest BCUT2D eigenvalue weighted by Gasteiger charge is -2.19. The van der Waals surface area contributed by atoms with Gasteiger partial charge in [-0.05, 0) is 35.6 Å². The summed E-state index contributed by atoms with van der Waals surface area (Å²) < 4.78 is 0.935. The number of benzene rings is 2. The summed E-state index contributed by atoms with van der Waals surface area (Å²) in [6, 6.07) is 16.2. The van der Waals surface area contributed by atoms with Crippen molar-refractivity contribution >= 4 is 21.7 Å². The van der Waals surface area contributed by atoms with E-state index in [0.717, 1.165) is 22.0 Å². The molecule has 0 saturated carbocycles. The molecule has 0 aliphatic heterocycles. The van der Waals surface area contributed by atoms with Gasteiger partial charge in [-0.3, -0.25) is 4.79 Å². The summed E-state index contributed by atoms with van der Waals surface area (Å²) in [6.07, 6.45) is 7.38. The molecule has 0 N–H and O–H groups in total. The molecule has 2 aromatic rings. The summed E-state index contributed by atoms with van der Waals surface area (Å²) in [5.74, 6) is 0.940. The minimum atomic E-state index is 0.104. The highest BCUT2D eigenvalue weighted by Gasteiger charge is 2.32. The molecular weight excluding hydrogens is 336 g/mol. The Hall–Kier alpha value is -1.93. The van der Waals surface area contributed by atoms with E-state index >= 15 is 0 Å². The predicted octanol–water partition coefficient (Wildman–Crippen LogP) is 5.08. The van der Waals surface area contributed by atoms with Gasteiger partial charge in [0.05, 0.1) is 0 Å². The molecule has 0 radical (unpaired) electrons. The molecule has 1 nitrogen and oxygen atoms in total. The van der Waals surface area contributed by atoms with Crippen LogP contribution in [0.5, 0.6) is 0 Å². The van der Waals surface area contributed by atoms with Gasteiger partial charge in [0.15, 0.2) is 5.78 Å². The number of hydrogen-bond acceptors (Lipinski definition) is 1. The van der Waals surface area contributed by atoms with E-state index in [1.165, 1.54) is 11.1 Å². The summed E-state index contributed by atoms with van der Waals surface area (Å²) in [7, 11) is 0. The van der Waals surface area contributed by atoms with E-state index < -0.39 is 0 Å². The molecule has 2 atom stereocenters. The molecule has 4 rings (SSSR count). The lowest BCUT2D eigenvalue weighted by molar-refractivity contribution is 0.103. The summed E-state index contributed by atoms with van der Waals surface area (Å²) in [6.45, 7) is 0. The highest BCUT2D eigenvalue weighted by Crippen LogP contribution is 2.42. The second-order valence-corrected chi connectivity index (χ2v) is 6.83. The van der Waals surface area contributed by atoms with E-state index in [9.17, 15) is 4.79 Å². The van der Waals surface area contributed by atoms with Gasteiger partial charge in [0.25, 0.3) is 0 Å². The molecule has 108 valence electrons. The minimum Gasteiger partial charge on any atom is -0.289 e. The maximum absolute atomic E-state index is 12.7. The molecule has 0 unspecified atom stereocenters. The Morgan fingerprint density at radius 1 is 1.09 bits per heavy atom. The quantitative estimate of drug-likeness (QED) is 0.690. The molecule has 0 heterocycles. The van der Waals surface area contributed by atoms with Crippen molar-refractivity contribution in [3.05, 3.63) is 93.5 Å². The average Bonchev–Trinajstić information content (AvgIpc) is 2.91. The van der Waals surface area contributed by atoms with Gasteiger partial charge in [-0.15, -0.1) is 0 Å². The van der Waals surface area contributed by atoms with Crippen LogP contribution >= 0.6 is 15.9 Å². The zero-order valence-corrected chi connectivity index (χ0v) is 13.6. The molecule has 2 aromatic carbocycles. The molecular formula is C20H15BrO. The zero-order valence-electron chi connectivity index (χ0n) is 12.0. The summed E-state index contributed by atoms with van der Waals surface area (Å²) >= 11 is 3.43. The SMILES string of the molecule is O=C(C1=C[C@@H]2Cc3ccccc3[C@H]2C=C1)c1cccc(Br)c1. The first kappa shape index (κ1) is 13.7. The van der Waals surface area contributed by atoms with E-state index in [0.29, 0.717) is 11.8 Å². The van der Waals surface area contributed by atoms with Crippen LogP contribution in [0.1, 0.15) is 27.4 Å². The van der Waals surface area contributed by atoms with Crippen LogP contribution in [-0.4, -0.2) is 5.78 Å². The fourth-order valence-electron chi connectivity index (χ4n) is 3.51. The first-order chi connectivity index (χ1) is 10.7. The standard InChI is InChI=1S/C20H15BrO/c21-17-6-3-5-14(12-17)20(22)15-8-9-19-16(11-15)10-13-4-1-2-7-18(13)19/h1-9,11-12,16,19H,10H2/t16-,19-/m0/s1. The smallest absolute Gasteiger partial charge is 0.192 e. The fourth-order valence-corrected chi connectivity index (χ4v) is 3.91. The molecule has 2 aliphatic rings. The Morgan fingerprint density at radius 3 is 2.82 bits per heavy atom. The van der Waals surface area contributed by atoms with E-state index in [-0.39, 0.29) is 5.78 Å². The Labute approximate surface area is 138 Å². The van der Waals surface area contributed by atoms with Gasteiger partial charge in [0.1, 0.15) is 0 Å². The van der Waals surface area contributed by atoms with Crippen molar-refractivity contribution in [2.45, 2.75) is 12.3 Å². The summed E-state index contributed by atoms with van der Waals surface area (Å²) in [5, 5.41) is 0. The third-order valence-electron chi connectivity index (χ3n) is 4.56. The van der Waals surface area contributed by atoms with Crippen molar-refractivity contribution in [2.24, 2.45) is 5.92 Å². The van der Waals surface area contributed by atoms with Gasteiger partial charge in [-0.2, -0.15) is 0 Å². The fraction of sp³-hybridized carbons (Fsp3) is 0.150. The van der Waals surface area contributed by atoms with Gasteiger partial charge in [0.2, 0.25) is 0 Å². The highest BCUT2D eigenvalue weighted by molar-refractivity contribution is 9.10. The maximum Gasteiger partial charge on any atom is 0.192 e. The Bertz CT molecular complexity index is 816. The van der Waals surface area contributed by atoms with Crippen molar-refractivity contribution in [2.75, 3.05) is 0 Å². The van der Waals surface area contributed by atoms with Crippen LogP contribution in [0.3, 0.4) is 0 Å². The predicted molar refractivity (Wildman–Crippen MR) is 92.1 cm³/mol. The van der Waals surface area contributed by atoms with Crippen LogP contribution in [-0.2, 0) is 6.42 Å². The van der Waals surface area contributed by atoms with Crippen molar-refractivity contribution in [1.29, 1.82) is 0 Å². The molecule has 0 saturated heterocycles. The van der Waals surface area contributed by atoms with Gasteiger partial charge in [-0.25, -0.2) is 0 Å². The van der Waals surface area contributed by atoms with Crippen LogP contribution < -0.4 is 0 Å². The molecule has 0 amide bonds. The van der Waals surface area contributed by atoms with E-state index in [2.05, 4.69) is 52.3 Å². The number of carbonyl (C=O) groups excluding carboxylic acids is 1. The molecule has 2 heteroatoms. The topological polar surface area (TPSA) is 17.1 Å². The minimum absolute atomic E-state index is 0.104. The first-order valence-electron chi connectivity index (χ1n) is 7.50. The van der Waals surface area contributed by atoms with Crippen molar-refractivity contribution < 1.29 is 4.79 Å². The Morgan fingerprint density at radius 2 is 1.95 bits per heavy atom. The number of halogens is 1. The molecule has 0 bridgehead atoms. The van der Waals surface area contributed by atoms with Crippen LogP contribution in [0, 0.1) is 5.92 Å². The second kappa shape index (κ2) is 5.36. The van der Waals surface area contributed by atoms with Gasteiger partial charge in [0, 0.05) is 21.5 Å². The van der Waals surface area contributed by atoms with Crippen LogP contribution in [0.4, 0.5) is 0 Å². The number of fused-ring (bicyclic) bond motifs is 3. The second-order valence-electron chi connectivity index (χ2n) is 5.91. The normalized spacial score (nSPS) is 22.0. The first-order valence-corrected chi connectivity index (χ1v) is 8.30. The largest absolute Gasteiger partial charge is 0.289 e. The number of rotatable bonds is 2. The lowest BCUT2D eigenvalue weighted by atomic mass is 9.84. The number of allylic oxidation sites excluding steroid dienone is 4.